The number of fused-ring (bicyclic) bond motifs is 1. The first kappa shape index (κ1) is 24.6. The van der Waals surface area contributed by atoms with E-state index >= 15 is 0 Å². The molecule has 1 N–H and O–H groups in total. The van der Waals surface area contributed by atoms with E-state index in [1.165, 1.54) is 12.5 Å². The molecule has 192 valence electrons. The second-order valence-electron chi connectivity index (χ2n) is 9.57. The fraction of sp³-hybridized carbons (Fsp3) is 0.241. The highest BCUT2D eigenvalue weighted by Gasteiger charge is 2.43. The van der Waals surface area contributed by atoms with E-state index in [0.717, 1.165) is 35.1 Å². The van der Waals surface area contributed by atoms with Crippen LogP contribution in [-0.2, 0) is 4.84 Å². The summed E-state index contributed by atoms with van der Waals surface area (Å²) in [6.45, 7) is 0.377. The van der Waals surface area contributed by atoms with Gasteiger partial charge in [-0.1, -0.05) is 59.0 Å². The van der Waals surface area contributed by atoms with Crippen LogP contribution in [-0.4, -0.2) is 39.5 Å². The van der Waals surface area contributed by atoms with Crippen LogP contribution < -0.4 is 4.74 Å². The van der Waals surface area contributed by atoms with E-state index in [4.69, 9.17) is 37.9 Å². The monoisotopic (exact) mass is 547 g/mol. The van der Waals surface area contributed by atoms with Crippen LogP contribution in [0.1, 0.15) is 35.3 Å². The number of ether oxygens (including phenoxy) is 1. The van der Waals surface area contributed by atoms with Crippen LogP contribution in [0.4, 0.5) is 0 Å². The lowest BCUT2D eigenvalue weighted by molar-refractivity contribution is -0.0186. The van der Waals surface area contributed by atoms with Crippen molar-refractivity contribution in [1.29, 1.82) is 0 Å². The summed E-state index contributed by atoms with van der Waals surface area (Å²) >= 11 is 12.9. The Morgan fingerprint density at radius 2 is 1.74 bits per heavy atom. The number of aromatic carboxylic acids is 1. The van der Waals surface area contributed by atoms with Gasteiger partial charge >= 0.3 is 5.97 Å². The van der Waals surface area contributed by atoms with E-state index in [0.29, 0.717) is 39.4 Å². The van der Waals surface area contributed by atoms with Gasteiger partial charge in [-0.2, -0.15) is 0 Å². The summed E-state index contributed by atoms with van der Waals surface area (Å²) in [4.78, 5) is 25.3. The average Bonchev–Trinajstić information content (AvgIpc) is 3.28. The first-order valence-electron chi connectivity index (χ1n) is 12.4. The van der Waals surface area contributed by atoms with Crippen LogP contribution in [0.3, 0.4) is 0 Å². The Morgan fingerprint density at radius 1 is 1.00 bits per heavy atom. The molecule has 1 aliphatic heterocycles. The predicted octanol–water partition coefficient (Wildman–Crippen LogP) is 6.90. The molecule has 2 aromatic carbocycles. The maximum Gasteiger partial charge on any atom is 0.354 e. The number of hydrogen-bond acceptors (Lipinski definition) is 6. The SMILES string of the molecule is O=C(O)c1ccc2cc(-c3ccc(OCC4C(c5c(Cl)cncc5Cl)=NOC4C4CCC4)cc3)ccc2n1. The van der Waals surface area contributed by atoms with Gasteiger partial charge in [-0.3, -0.25) is 4.98 Å². The molecule has 9 heteroatoms. The van der Waals surface area contributed by atoms with Gasteiger partial charge in [0.2, 0.25) is 0 Å². The Labute approximate surface area is 229 Å². The number of oxime groups is 1. The number of benzene rings is 2. The lowest BCUT2D eigenvalue weighted by Crippen LogP contribution is -2.38. The van der Waals surface area contributed by atoms with Gasteiger partial charge in [0, 0.05) is 23.3 Å². The zero-order valence-corrected chi connectivity index (χ0v) is 21.7. The van der Waals surface area contributed by atoms with Crippen molar-refractivity contribution in [3.8, 4) is 16.9 Å². The van der Waals surface area contributed by atoms with Crippen LogP contribution in [0, 0.1) is 11.8 Å². The molecule has 2 aliphatic rings. The molecule has 0 bridgehead atoms. The Kier molecular flexibility index (Phi) is 6.64. The summed E-state index contributed by atoms with van der Waals surface area (Å²) in [6, 6.07) is 16.9. The van der Waals surface area contributed by atoms with Gasteiger partial charge in [-0.15, -0.1) is 0 Å². The van der Waals surface area contributed by atoms with E-state index in [1.807, 2.05) is 42.5 Å². The molecule has 7 nitrogen and oxygen atoms in total. The molecule has 1 aliphatic carbocycles. The van der Waals surface area contributed by atoms with Crippen LogP contribution in [0.25, 0.3) is 22.0 Å². The Bertz CT molecular complexity index is 1530. The van der Waals surface area contributed by atoms with Crippen LogP contribution >= 0.6 is 23.2 Å². The predicted molar refractivity (Wildman–Crippen MR) is 146 cm³/mol. The number of carbonyl (C=O) groups is 1. The highest BCUT2D eigenvalue weighted by Crippen LogP contribution is 2.41. The number of pyridine rings is 2. The van der Waals surface area contributed by atoms with Gasteiger partial charge in [-0.25, -0.2) is 9.78 Å². The summed E-state index contributed by atoms with van der Waals surface area (Å²) in [5.41, 5.74) is 4.03. The van der Waals surface area contributed by atoms with Crippen LogP contribution in [0.2, 0.25) is 10.0 Å². The fourth-order valence-electron chi connectivity index (χ4n) is 5.01. The first-order chi connectivity index (χ1) is 18.5. The molecule has 0 spiro atoms. The van der Waals surface area contributed by atoms with E-state index in [-0.39, 0.29) is 17.7 Å². The van der Waals surface area contributed by atoms with Crippen molar-refractivity contribution in [3.05, 3.63) is 88.3 Å². The van der Waals surface area contributed by atoms with Gasteiger partial charge in [-0.05, 0) is 60.2 Å². The Hall–Kier alpha value is -3.68. The van der Waals surface area contributed by atoms with Crippen molar-refractivity contribution in [1.82, 2.24) is 9.97 Å². The lowest BCUT2D eigenvalue weighted by Gasteiger charge is -2.33. The van der Waals surface area contributed by atoms with Crippen molar-refractivity contribution in [3.63, 3.8) is 0 Å². The van der Waals surface area contributed by atoms with Crippen molar-refractivity contribution < 1.29 is 19.5 Å². The van der Waals surface area contributed by atoms with Gasteiger partial charge < -0.3 is 14.7 Å². The summed E-state index contributed by atoms with van der Waals surface area (Å²) in [6.07, 6.45) is 6.45. The minimum absolute atomic E-state index is 0.0284. The average molecular weight is 548 g/mol. The molecule has 2 aromatic heterocycles. The standard InChI is InChI=1S/C29H23Cl2N3O4/c30-22-13-32-14-23(31)26(22)27-21(28(38-34-27)17-2-1-3-17)15-37-20-8-4-16(5-9-20)18-6-10-24-19(12-18)7-11-25(33-24)29(35)36/h4-14,17,21,28H,1-3,15H2,(H,35,36). The van der Waals surface area contributed by atoms with Gasteiger partial charge in [0.1, 0.15) is 29.9 Å². The molecule has 4 aromatic rings. The second-order valence-corrected chi connectivity index (χ2v) is 10.4. The Balaban J connectivity index is 1.20. The number of aromatic nitrogens is 2. The minimum atomic E-state index is -1.04. The van der Waals surface area contributed by atoms with Gasteiger partial charge in [0.15, 0.2) is 0 Å². The van der Waals surface area contributed by atoms with Crippen molar-refractivity contribution >= 4 is 45.8 Å². The molecular weight excluding hydrogens is 525 g/mol. The number of rotatable bonds is 7. The quantitative estimate of drug-likeness (QED) is 0.270. The largest absolute Gasteiger partial charge is 0.493 e. The summed E-state index contributed by atoms with van der Waals surface area (Å²) in [5.74, 6) is 0.00887. The molecule has 1 fully saturated rings. The maximum atomic E-state index is 11.2. The molecular formula is C29H23Cl2N3O4. The van der Waals surface area contributed by atoms with Crippen molar-refractivity contribution in [2.24, 2.45) is 17.0 Å². The first-order valence-corrected chi connectivity index (χ1v) is 13.1. The summed E-state index contributed by atoms with van der Waals surface area (Å²) < 4.78 is 6.24. The molecule has 38 heavy (non-hydrogen) atoms. The molecule has 6 rings (SSSR count). The van der Waals surface area contributed by atoms with E-state index in [9.17, 15) is 4.79 Å². The minimum Gasteiger partial charge on any atom is -0.493 e. The van der Waals surface area contributed by atoms with Crippen LogP contribution in [0.5, 0.6) is 5.75 Å². The molecule has 0 amide bonds. The molecule has 2 unspecified atom stereocenters. The summed E-state index contributed by atoms with van der Waals surface area (Å²) in [5, 5.41) is 15.3. The fourth-order valence-corrected chi connectivity index (χ4v) is 5.57. The number of hydrogen-bond donors (Lipinski definition) is 1. The van der Waals surface area contributed by atoms with Crippen LogP contribution in [0.15, 0.2) is 72.1 Å². The second kappa shape index (κ2) is 10.2. The maximum absolute atomic E-state index is 11.2. The Morgan fingerprint density at radius 3 is 2.42 bits per heavy atom. The zero-order chi connectivity index (χ0) is 26.2. The van der Waals surface area contributed by atoms with Crippen molar-refractivity contribution in [2.45, 2.75) is 25.4 Å². The van der Waals surface area contributed by atoms with E-state index in [1.54, 1.807) is 18.5 Å². The number of carboxylic acids is 1. The third-order valence-electron chi connectivity index (χ3n) is 7.27. The number of nitrogens with zero attached hydrogens (tertiary/aromatic N) is 3. The zero-order valence-electron chi connectivity index (χ0n) is 20.2. The molecule has 0 radical (unpaired) electrons. The highest BCUT2D eigenvalue weighted by atomic mass is 35.5. The van der Waals surface area contributed by atoms with Gasteiger partial charge in [0.05, 0.1) is 21.5 Å². The molecule has 0 saturated heterocycles. The number of halogens is 2. The smallest absolute Gasteiger partial charge is 0.354 e. The topological polar surface area (TPSA) is 93.9 Å². The number of carboxylic acid groups (broad SMARTS) is 1. The molecule has 1 saturated carbocycles. The summed E-state index contributed by atoms with van der Waals surface area (Å²) in [7, 11) is 0. The third-order valence-corrected chi connectivity index (χ3v) is 7.84. The third kappa shape index (κ3) is 4.68. The molecule has 2 atom stereocenters. The highest BCUT2D eigenvalue weighted by molar-refractivity contribution is 6.40. The van der Waals surface area contributed by atoms with E-state index in [2.05, 4.69) is 15.1 Å². The van der Waals surface area contributed by atoms with Gasteiger partial charge in [0.25, 0.3) is 0 Å². The lowest BCUT2D eigenvalue weighted by atomic mass is 9.75. The normalized spacial score (nSPS) is 19.1. The molecule has 3 heterocycles. The van der Waals surface area contributed by atoms with Crippen molar-refractivity contribution in [2.75, 3.05) is 6.61 Å². The van der Waals surface area contributed by atoms with E-state index < -0.39 is 5.97 Å².